The number of aliphatic hydroxyl groups is 1. The van der Waals surface area contributed by atoms with E-state index in [4.69, 9.17) is 0 Å². The molecule has 0 aliphatic heterocycles. The number of aryl methyl sites for hydroxylation is 1. The molecule has 116 valence electrons. The van der Waals surface area contributed by atoms with Crippen LogP contribution in [0.25, 0.3) is 0 Å². The van der Waals surface area contributed by atoms with E-state index in [0.717, 1.165) is 6.07 Å². The molecular formula is C16H14F3NO2. The van der Waals surface area contributed by atoms with Crippen LogP contribution >= 0.6 is 0 Å². The summed E-state index contributed by atoms with van der Waals surface area (Å²) in [5.74, 6) is -2.91. The van der Waals surface area contributed by atoms with Crippen LogP contribution in [-0.4, -0.2) is 17.6 Å². The van der Waals surface area contributed by atoms with E-state index in [2.05, 4.69) is 5.32 Å². The normalized spacial score (nSPS) is 12.0. The fourth-order valence-corrected chi connectivity index (χ4v) is 1.92. The number of aliphatic hydroxyl groups excluding tert-OH is 1. The number of rotatable bonds is 4. The van der Waals surface area contributed by atoms with Gasteiger partial charge in [-0.3, -0.25) is 4.79 Å². The minimum absolute atomic E-state index is 0.144. The predicted molar refractivity (Wildman–Crippen MR) is 74.8 cm³/mol. The quantitative estimate of drug-likeness (QED) is 0.912. The average Bonchev–Trinajstić information content (AvgIpc) is 2.49. The summed E-state index contributed by atoms with van der Waals surface area (Å²) in [4.78, 5) is 11.9. The molecule has 0 saturated carbocycles. The summed E-state index contributed by atoms with van der Waals surface area (Å²) in [6, 6.07) is 6.88. The molecule has 2 N–H and O–H groups in total. The first-order valence-corrected chi connectivity index (χ1v) is 6.56. The van der Waals surface area contributed by atoms with Gasteiger partial charge in [-0.2, -0.15) is 0 Å². The van der Waals surface area contributed by atoms with E-state index in [1.807, 2.05) is 0 Å². The molecule has 0 aliphatic rings. The van der Waals surface area contributed by atoms with Crippen molar-refractivity contribution in [1.29, 1.82) is 0 Å². The number of halogens is 3. The Kier molecular flexibility index (Phi) is 4.82. The first-order chi connectivity index (χ1) is 10.4. The predicted octanol–water partition coefficient (Wildman–Crippen LogP) is 2.88. The molecule has 0 saturated heterocycles. The Bertz CT molecular complexity index is 687. The Morgan fingerprint density at radius 2 is 1.77 bits per heavy atom. The Morgan fingerprint density at radius 3 is 2.41 bits per heavy atom. The number of carbonyl (C=O) groups is 1. The second-order valence-electron chi connectivity index (χ2n) is 4.86. The number of benzene rings is 2. The van der Waals surface area contributed by atoms with Crippen molar-refractivity contribution in [3.05, 3.63) is 70.5 Å². The largest absolute Gasteiger partial charge is 0.387 e. The van der Waals surface area contributed by atoms with E-state index >= 15 is 0 Å². The van der Waals surface area contributed by atoms with Crippen LogP contribution in [0.15, 0.2) is 36.4 Å². The first kappa shape index (κ1) is 16.0. The molecule has 1 atom stereocenters. The highest BCUT2D eigenvalue weighted by Gasteiger charge is 2.16. The van der Waals surface area contributed by atoms with Crippen molar-refractivity contribution in [2.75, 3.05) is 6.54 Å². The Morgan fingerprint density at radius 1 is 1.14 bits per heavy atom. The Hall–Kier alpha value is -2.34. The Balaban J connectivity index is 2.03. The molecule has 0 radical (unpaired) electrons. The van der Waals surface area contributed by atoms with Gasteiger partial charge in [0.25, 0.3) is 5.91 Å². The summed E-state index contributed by atoms with van der Waals surface area (Å²) in [5.41, 5.74) is 0.258. The van der Waals surface area contributed by atoms with Crippen LogP contribution in [0.4, 0.5) is 13.2 Å². The molecule has 0 bridgehead atoms. The van der Waals surface area contributed by atoms with Crippen LogP contribution in [0.3, 0.4) is 0 Å². The summed E-state index contributed by atoms with van der Waals surface area (Å²) < 4.78 is 39.5. The van der Waals surface area contributed by atoms with Crippen LogP contribution in [0, 0.1) is 24.4 Å². The molecule has 1 unspecified atom stereocenters. The van der Waals surface area contributed by atoms with Gasteiger partial charge in [0.2, 0.25) is 0 Å². The number of carbonyl (C=O) groups excluding carboxylic acids is 1. The first-order valence-electron chi connectivity index (χ1n) is 6.56. The van der Waals surface area contributed by atoms with E-state index in [-0.39, 0.29) is 17.7 Å². The summed E-state index contributed by atoms with van der Waals surface area (Å²) in [7, 11) is 0. The zero-order chi connectivity index (χ0) is 16.3. The molecule has 0 spiro atoms. The summed E-state index contributed by atoms with van der Waals surface area (Å²) in [6.45, 7) is 1.24. The highest BCUT2D eigenvalue weighted by atomic mass is 19.1. The minimum atomic E-state index is -1.06. The third kappa shape index (κ3) is 3.65. The average molecular weight is 309 g/mol. The van der Waals surface area contributed by atoms with Gasteiger partial charge in [0.15, 0.2) is 0 Å². The maximum Gasteiger partial charge on any atom is 0.254 e. The van der Waals surface area contributed by atoms with Crippen molar-refractivity contribution >= 4 is 5.91 Å². The van der Waals surface area contributed by atoms with E-state index in [1.165, 1.54) is 31.2 Å². The zero-order valence-corrected chi connectivity index (χ0v) is 11.7. The van der Waals surface area contributed by atoms with Gasteiger partial charge in [-0.1, -0.05) is 12.1 Å². The van der Waals surface area contributed by atoms with Gasteiger partial charge in [0, 0.05) is 12.6 Å². The zero-order valence-electron chi connectivity index (χ0n) is 11.7. The molecule has 0 fully saturated rings. The van der Waals surface area contributed by atoms with Crippen molar-refractivity contribution in [1.82, 2.24) is 5.32 Å². The fraction of sp³-hybridized carbons (Fsp3) is 0.188. The molecule has 0 aromatic heterocycles. The van der Waals surface area contributed by atoms with Gasteiger partial charge in [0.05, 0.1) is 11.7 Å². The molecule has 1 amide bonds. The van der Waals surface area contributed by atoms with Gasteiger partial charge in [-0.25, -0.2) is 13.2 Å². The van der Waals surface area contributed by atoms with Gasteiger partial charge in [-0.05, 0) is 36.2 Å². The summed E-state index contributed by atoms with van der Waals surface area (Å²) >= 11 is 0. The van der Waals surface area contributed by atoms with Gasteiger partial charge in [0.1, 0.15) is 17.5 Å². The molecule has 0 heterocycles. The standard InChI is InChI=1S/C16H14F3NO2/c1-9-6-12(14(19)7-13(9)18)16(22)20-8-15(21)10-2-4-11(17)5-3-10/h2-7,15,21H,8H2,1H3,(H,20,22). The molecule has 2 aromatic carbocycles. The third-order valence-electron chi connectivity index (χ3n) is 3.20. The van der Waals surface area contributed by atoms with Crippen molar-refractivity contribution in [3.63, 3.8) is 0 Å². The number of nitrogens with one attached hydrogen (secondary N) is 1. The van der Waals surface area contributed by atoms with Gasteiger partial charge in [-0.15, -0.1) is 0 Å². The number of hydrogen-bond donors (Lipinski definition) is 2. The maximum atomic E-state index is 13.6. The van der Waals surface area contributed by atoms with Crippen LogP contribution in [0.1, 0.15) is 27.6 Å². The van der Waals surface area contributed by atoms with Gasteiger partial charge < -0.3 is 10.4 Å². The topological polar surface area (TPSA) is 49.3 Å². The van der Waals surface area contributed by atoms with Crippen molar-refractivity contribution in [2.45, 2.75) is 13.0 Å². The Labute approximate surface area is 125 Å². The monoisotopic (exact) mass is 309 g/mol. The lowest BCUT2D eigenvalue weighted by Crippen LogP contribution is -2.29. The maximum absolute atomic E-state index is 13.6. The lowest BCUT2D eigenvalue weighted by atomic mass is 10.1. The molecule has 2 aromatic rings. The fourth-order valence-electron chi connectivity index (χ4n) is 1.92. The van der Waals surface area contributed by atoms with Gasteiger partial charge >= 0.3 is 0 Å². The molecule has 6 heteroatoms. The minimum Gasteiger partial charge on any atom is -0.387 e. The van der Waals surface area contributed by atoms with E-state index in [9.17, 15) is 23.1 Å². The number of hydrogen-bond acceptors (Lipinski definition) is 2. The van der Waals surface area contributed by atoms with E-state index in [0.29, 0.717) is 11.6 Å². The van der Waals surface area contributed by atoms with Crippen LogP contribution in [-0.2, 0) is 0 Å². The highest BCUT2D eigenvalue weighted by Crippen LogP contribution is 2.15. The second-order valence-corrected chi connectivity index (χ2v) is 4.86. The lowest BCUT2D eigenvalue weighted by molar-refractivity contribution is 0.0912. The van der Waals surface area contributed by atoms with Crippen LogP contribution in [0.5, 0.6) is 0 Å². The highest BCUT2D eigenvalue weighted by molar-refractivity contribution is 5.94. The lowest BCUT2D eigenvalue weighted by Gasteiger charge is -2.13. The van der Waals surface area contributed by atoms with E-state index < -0.39 is 29.5 Å². The van der Waals surface area contributed by atoms with Crippen LogP contribution < -0.4 is 5.32 Å². The van der Waals surface area contributed by atoms with Crippen molar-refractivity contribution in [2.24, 2.45) is 0 Å². The molecule has 3 nitrogen and oxygen atoms in total. The number of amides is 1. The molecular weight excluding hydrogens is 295 g/mol. The smallest absolute Gasteiger partial charge is 0.254 e. The third-order valence-corrected chi connectivity index (χ3v) is 3.20. The van der Waals surface area contributed by atoms with E-state index in [1.54, 1.807) is 0 Å². The van der Waals surface area contributed by atoms with Crippen molar-refractivity contribution < 1.29 is 23.1 Å². The SMILES string of the molecule is Cc1cc(C(=O)NCC(O)c2ccc(F)cc2)c(F)cc1F. The van der Waals surface area contributed by atoms with Crippen LogP contribution in [0.2, 0.25) is 0 Å². The molecule has 2 rings (SSSR count). The molecule has 0 aliphatic carbocycles. The van der Waals surface area contributed by atoms with Crippen molar-refractivity contribution in [3.8, 4) is 0 Å². The molecule has 22 heavy (non-hydrogen) atoms. The summed E-state index contributed by atoms with van der Waals surface area (Å²) in [5, 5.41) is 12.2. The second kappa shape index (κ2) is 6.62. The summed E-state index contributed by atoms with van der Waals surface area (Å²) in [6.07, 6.45) is -1.06.